The Balaban J connectivity index is 0.00000242. The number of hydrogen-bond acceptors (Lipinski definition) is 4. The number of hydrogen-bond donors (Lipinski definition) is 0. The molecule has 1 aromatic rings. The Labute approximate surface area is 148 Å². The van der Waals surface area contributed by atoms with Crippen LogP contribution in [0.4, 0.5) is 0 Å². The summed E-state index contributed by atoms with van der Waals surface area (Å²) in [5.74, 6) is 1.16. The number of carbonyl (C=O) groups is 1. The van der Waals surface area contributed by atoms with Crippen molar-refractivity contribution >= 4 is 12.2 Å². The average molecular weight is 419 g/mol. The van der Waals surface area contributed by atoms with Gasteiger partial charge in [0.2, 0.25) is 6.54 Å². The molecule has 1 aliphatic heterocycles. The second-order valence-corrected chi connectivity index (χ2v) is 5.73. The normalized spacial score (nSPS) is 15.0. The van der Waals surface area contributed by atoms with E-state index in [-0.39, 0.29) is 42.0 Å². The molecule has 0 spiro atoms. The van der Waals surface area contributed by atoms with Gasteiger partial charge in [0.15, 0.2) is 23.3 Å². The van der Waals surface area contributed by atoms with Gasteiger partial charge < -0.3 is 38.2 Å². The van der Waals surface area contributed by atoms with E-state index in [1.165, 1.54) is 12.7 Å². The van der Waals surface area contributed by atoms with E-state index in [9.17, 15) is 4.79 Å². The molecular formula is C16H22INO4. The quantitative estimate of drug-likeness (QED) is 0.344. The van der Waals surface area contributed by atoms with Gasteiger partial charge in [-0.05, 0) is 17.7 Å². The topological polar surface area (TPSA) is 47.8 Å². The third-order valence-electron chi connectivity index (χ3n) is 3.87. The van der Waals surface area contributed by atoms with Gasteiger partial charge in [-0.3, -0.25) is 0 Å². The Bertz CT molecular complexity index is 596. The van der Waals surface area contributed by atoms with E-state index in [2.05, 4.69) is 13.8 Å². The molecule has 0 saturated heterocycles. The molecule has 5 nitrogen and oxygen atoms in total. The molecule has 2 rings (SSSR count). The van der Waals surface area contributed by atoms with Crippen molar-refractivity contribution in [3.05, 3.63) is 23.3 Å². The number of rotatable bonds is 4. The number of methoxy groups -OCH3 is 3. The molecule has 0 radical (unpaired) electrons. The molecule has 6 heteroatoms. The third-order valence-corrected chi connectivity index (χ3v) is 3.87. The lowest BCUT2D eigenvalue weighted by Gasteiger charge is -2.27. The first-order valence-corrected chi connectivity index (χ1v) is 6.84. The maximum atomic E-state index is 11.6. The second-order valence-electron chi connectivity index (χ2n) is 5.73. The van der Waals surface area contributed by atoms with E-state index in [4.69, 9.17) is 14.2 Å². The van der Waals surface area contributed by atoms with Gasteiger partial charge in [-0.15, -0.1) is 0 Å². The molecule has 0 amide bonds. The molecule has 1 aromatic carbocycles. The highest BCUT2D eigenvalue weighted by molar-refractivity contribution is 5.82. The summed E-state index contributed by atoms with van der Waals surface area (Å²) in [4.78, 5) is 11.6. The van der Waals surface area contributed by atoms with E-state index < -0.39 is 0 Å². The van der Waals surface area contributed by atoms with Gasteiger partial charge >= 0.3 is 5.97 Å². The summed E-state index contributed by atoms with van der Waals surface area (Å²) >= 11 is 0. The smallest absolute Gasteiger partial charge is 0.371 e. The minimum Gasteiger partial charge on any atom is -1.00 e. The number of esters is 1. The van der Waals surface area contributed by atoms with Crippen molar-refractivity contribution in [2.45, 2.75) is 25.8 Å². The number of fused-ring (bicyclic) bond motifs is 1. The highest BCUT2D eigenvalue weighted by Gasteiger charge is 2.37. The first-order valence-electron chi connectivity index (χ1n) is 6.84. The zero-order valence-electron chi connectivity index (χ0n) is 13.6. The molecule has 22 heavy (non-hydrogen) atoms. The Hall–Kier alpha value is -1.31. The predicted octanol–water partition coefficient (Wildman–Crippen LogP) is -1.35. The number of nitrogens with zero attached hydrogens (tertiary/aromatic N) is 1. The van der Waals surface area contributed by atoms with Gasteiger partial charge in [0, 0.05) is 25.8 Å². The van der Waals surface area contributed by atoms with Gasteiger partial charge in [0.05, 0.1) is 21.3 Å². The fraction of sp³-hybridized carbons (Fsp3) is 0.500. The molecule has 0 bridgehead atoms. The minimum absolute atomic E-state index is 0. The SMILES string of the molecule is COC(=O)C[N+]1=Cc2cc(OC)c(OC)cc2CC1(C)C.[I-]. The summed E-state index contributed by atoms with van der Waals surface area (Å²) in [5, 5.41) is 0. The molecule has 0 aromatic heterocycles. The monoisotopic (exact) mass is 419 g/mol. The molecular weight excluding hydrogens is 397 g/mol. The van der Waals surface area contributed by atoms with Crippen LogP contribution < -0.4 is 33.5 Å². The summed E-state index contributed by atoms with van der Waals surface area (Å²) in [7, 11) is 4.65. The first-order chi connectivity index (χ1) is 9.91. The highest BCUT2D eigenvalue weighted by Crippen LogP contribution is 2.34. The number of halogens is 1. The zero-order valence-corrected chi connectivity index (χ0v) is 15.8. The van der Waals surface area contributed by atoms with Crippen LogP contribution in [0.1, 0.15) is 25.0 Å². The van der Waals surface area contributed by atoms with Crippen LogP contribution in [0.2, 0.25) is 0 Å². The van der Waals surface area contributed by atoms with E-state index in [0.717, 1.165) is 17.7 Å². The van der Waals surface area contributed by atoms with Crippen molar-refractivity contribution in [1.82, 2.24) is 0 Å². The molecule has 1 aliphatic rings. The van der Waals surface area contributed by atoms with Crippen LogP contribution in [-0.4, -0.2) is 50.2 Å². The Morgan fingerprint density at radius 2 is 1.77 bits per heavy atom. The lowest BCUT2D eigenvalue weighted by Crippen LogP contribution is -3.00. The van der Waals surface area contributed by atoms with E-state index >= 15 is 0 Å². The Morgan fingerprint density at radius 1 is 1.18 bits per heavy atom. The first kappa shape index (κ1) is 18.7. The van der Waals surface area contributed by atoms with Crippen molar-refractivity contribution in [3.63, 3.8) is 0 Å². The maximum absolute atomic E-state index is 11.6. The summed E-state index contributed by atoms with van der Waals surface area (Å²) in [5.41, 5.74) is 2.05. The molecule has 0 unspecified atom stereocenters. The molecule has 0 saturated carbocycles. The largest absolute Gasteiger partial charge is 1.00 e. The lowest BCUT2D eigenvalue weighted by atomic mass is 9.88. The van der Waals surface area contributed by atoms with Crippen LogP contribution in [0.5, 0.6) is 11.5 Å². The molecule has 0 fully saturated rings. The summed E-state index contributed by atoms with van der Waals surface area (Å²) in [6.07, 6.45) is 2.80. The van der Waals surface area contributed by atoms with Crippen molar-refractivity contribution in [2.24, 2.45) is 0 Å². The van der Waals surface area contributed by atoms with Crippen LogP contribution in [-0.2, 0) is 16.0 Å². The Morgan fingerprint density at radius 3 is 2.32 bits per heavy atom. The van der Waals surface area contributed by atoms with E-state index in [1.54, 1.807) is 14.2 Å². The van der Waals surface area contributed by atoms with Crippen LogP contribution in [0.3, 0.4) is 0 Å². The second kappa shape index (κ2) is 7.30. The molecule has 122 valence electrons. The number of ether oxygens (including phenoxy) is 3. The summed E-state index contributed by atoms with van der Waals surface area (Å²) < 4.78 is 17.5. The van der Waals surface area contributed by atoms with Crippen LogP contribution in [0, 0.1) is 0 Å². The van der Waals surface area contributed by atoms with E-state index in [0.29, 0.717) is 5.75 Å². The summed E-state index contributed by atoms with van der Waals surface area (Å²) in [6, 6.07) is 3.94. The zero-order chi connectivity index (χ0) is 15.6. The molecule has 0 aliphatic carbocycles. The fourth-order valence-electron chi connectivity index (χ4n) is 2.58. The maximum Gasteiger partial charge on any atom is 0.371 e. The lowest BCUT2D eigenvalue weighted by molar-refractivity contribution is -0.589. The standard InChI is InChI=1S/C16H22NO4.HI/c1-16(2)8-11-6-13(19-3)14(20-4)7-12(11)9-17(16)10-15(18)21-5;/h6-7,9H,8,10H2,1-5H3;1H/q+1;/p-1. The van der Waals surface area contributed by atoms with Crippen molar-refractivity contribution in [3.8, 4) is 11.5 Å². The van der Waals surface area contributed by atoms with Crippen molar-refractivity contribution in [1.29, 1.82) is 0 Å². The van der Waals surface area contributed by atoms with Crippen LogP contribution >= 0.6 is 0 Å². The predicted molar refractivity (Wildman–Crippen MR) is 79.6 cm³/mol. The Kier molecular flexibility index (Phi) is 6.22. The number of benzene rings is 1. The highest BCUT2D eigenvalue weighted by atomic mass is 127. The van der Waals surface area contributed by atoms with Crippen LogP contribution in [0.15, 0.2) is 12.1 Å². The fourth-order valence-corrected chi connectivity index (χ4v) is 2.58. The van der Waals surface area contributed by atoms with Gasteiger partial charge in [-0.2, -0.15) is 0 Å². The third kappa shape index (κ3) is 3.71. The van der Waals surface area contributed by atoms with Gasteiger partial charge in [0.25, 0.3) is 0 Å². The van der Waals surface area contributed by atoms with Gasteiger partial charge in [-0.1, -0.05) is 0 Å². The van der Waals surface area contributed by atoms with E-state index in [1.807, 2.05) is 22.9 Å². The van der Waals surface area contributed by atoms with Crippen LogP contribution in [0.25, 0.3) is 0 Å². The minimum atomic E-state index is -0.247. The average Bonchev–Trinajstić information content (AvgIpc) is 2.46. The molecule has 0 N–H and O–H groups in total. The van der Waals surface area contributed by atoms with Crippen molar-refractivity contribution in [2.75, 3.05) is 27.9 Å². The van der Waals surface area contributed by atoms with Gasteiger partial charge in [-0.25, -0.2) is 9.37 Å². The summed E-state index contributed by atoms with van der Waals surface area (Å²) in [6.45, 7) is 4.44. The van der Waals surface area contributed by atoms with Crippen molar-refractivity contribution < 1.29 is 47.6 Å². The number of carbonyl (C=O) groups excluding carboxylic acids is 1. The molecule has 1 heterocycles. The van der Waals surface area contributed by atoms with Gasteiger partial charge in [0.1, 0.15) is 0 Å². The molecule has 0 atom stereocenters.